The van der Waals surface area contributed by atoms with E-state index in [-0.39, 0.29) is 30.0 Å². The number of carbonyl (C=O) groups is 2. The van der Waals surface area contributed by atoms with Crippen LogP contribution in [0.3, 0.4) is 0 Å². The quantitative estimate of drug-likeness (QED) is 0.805. The van der Waals surface area contributed by atoms with E-state index in [1.54, 1.807) is 12.1 Å². The third-order valence-corrected chi connectivity index (χ3v) is 4.70. The van der Waals surface area contributed by atoms with E-state index < -0.39 is 30.2 Å². The van der Waals surface area contributed by atoms with Crippen molar-refractivity contribution in [1.29, 1.82) is 0 Å². The second-order valence-corrected chi connectivity index (χ2v) is 6.91. The van der Waals surface area contributed by atoms with Crippen molar-refractivity contribution in [3.8, 4) is 5.75 Å². The highest BCUT2D eigenvalue weighted by Gasteiger charge is 2.41. The predicted octanol–water partition coefficient (Wildman–Crippen LogP) is 3.50. The molecule has 0 radical (unpaired) electrons. The molecule has 1 aromatic carbocycles. The molecule has 0 saturated carbocycles. The number of benzene rings is 1. The lowest BCUT2D eigenvalue weighted by Crippen LogP contribution is -2.36. The summed E-state index contributed by atoms with van der Waals surface area (Å²) in [6, 6.07) is 4.58. The molecular formula is C18H18ClF3N4O3. The fourth-order valence-electron chi connectivity index (χ4n) is 3.29. The van der Waals surface area contributed by atoms with Gasteiger partial charge in [-0.2, -0.15) is 18.3 Å². The van der Waals surface area contributed by atoms with E-state index in [1.807, 2.05) is 0 Å². The first-order valence-electron chi connectivity index (χ1n) is 8.70. The van der Waals surface area contributed by atoms with E-state index in [1.165, 1.54) is 25.0 Å². The SMILES string of the molecule is COc1ccc(Cl)cc1NC(=O)Cn1nc(C(F)(F)F)c2c1N(C(C)=O)CCC2. The first-order valence-corrected chi connectivity index (χ1v) is 9.08. The van der Waals surface area contributed by atoms with Crippen molar-refractivity contribution in [2.75, 3.05) is 23.9 Å². The van der Waals surface area contributed by atoms with Crippen molar-refractivity contribution < 1.29 is 27.5 Å². The molecule has 29 heavy (non-hydrogen) atoms. The lowest BCUT2D eigenvalue weighted by Gasteiger charge is -2.27. The molecule has 0 atom stereocenters. The highest BCUT2D eigenvalue weighted by molar-refractivity contribution is 6.31. The van der Waals surface area contributed by atoms with Crippen LogP contribution in [0.25, 0.3) is 0 Å². The number of alkyl halides is 3. The van der Waals surface area contributed by atoms with Gasteiger partial charge in [-0.1, -0.05) is 11.6 Å². The van der Waals surface area contributed by atoms with E-state index in [4.69, 9.17) is 16.3 Å². The monoisotopic (exact) mass is 430 g/mol. The smallest absolute Gasteiger partial charge is 0.435 e. The number of carbonyl (C=O) groups excluding carboxylic acids is 2. The van der Waals surface area contributed by atoms with Gasteiger partial charge in [0.2, 0.25) is 11.8 Å². The van der Waals surface area contributed by atoms with Crippen molar-refractivity contribution in [2.24, 2.45) is 0 Å². The Kier molecular flexibility index (Phi) is 5.74. The molecule has 2 aromatic rings. The van der Waals surface area contributed by atoms with Crippen molar-refractivity contribution in [3.05, 3.63) is 34.5 Å². The maximum atomic E-state index is 13.4. The van der Waals surface area contributed by atoms with Crippen LogP contribution >= 0.6 is 11.6 Å². The number of nitrogens with zero attached hydrogens (tertiary/aromatic N) is 3. The number of aromatic nitrogens is 2. The van der Waals surface area contributed by atoms with E-state index in [0.717, 1.165) is 4.68 Å². The third-order valence-electron chi connectivity index (χ3n) is 4.46. The number of amides is 2. The molecule has 1 aliphatic heterocycles. The Bertz CT molecular complexity index is 959. The summed E-state index contributed by atoms with van der Waals surface area (Å²) in [7, 11) is 1.41. The van der Waals surface area contributed by atoms with Gasteiger partial charge in [0.25, 0.3) is 0 Å². The highest BCUT2D eigenvalue weighted by atomic mass is 35.5. The summed E-state index contributed by atoms with van der Waals surface area (Å²) in [6.45, 7) is 1.00. The van der Waals surface area contributed by atoms with E-state index >= 15 is 0 Å². The second-order valence-electron chi connectivity index (χ2n) is 6.47. The maximum absolute atomic E-state index is 13.4. The van der Waals surface area contributed by atoms with Crippen LogP contribution in [0.4, 0.5) is 24.7 Å². The molecule has 0 saturated heterocycles. The van der Waals surface area contributed by atoms with Gasteiger partial charge in [0.05, 0.1) is 12.8 Å². The molecule has 1 aromatic heterocycles. The number of ether oxygens (including phenoxy) is 1. The molecule has 0 spiro atoms. The van der Waals surface area contributed by atoms with Crippen molar-refractivity contribution in [2.45, 2.75) is 32.5 Å². The fourth-order valence-corrected chi connectivity index (χ4v) is 3.46. The van der Waals surface area contributed by atoms with Gasteiger partial charge in [0.1, 0.15) is 18.1 Å². The van der Waals surface area contributed by atoms with Crippen LogP contribution in [0.1, 0.15) is 24.6 Å². The Morgan fingerprint density at radius 1 is 1.34 bits per heavy atom. The topological polar surface area (TPSA) is 76.5 Å². The number of rotatable bonds is 4. The largest absolute Gasteiger partial charge is 0.495 e. The number of hydrogen-bond donors (Lipinski definition) is 1. The molecule has 0 bridgehead atoms. The van der Waals surface area contributed by atoms with E-state index in [0.29, 0.717) is 17.2 Å². The van der Waals surface area contributed by atoms with E-state index in [2.05, 4.69) is 10.4 Å². The zero-order valence-corrected chi connectivity index (χ0v) is 16.4. The average Bonchev–Trinajstić information content (AvgIpc) is 3.00. The van der Waals surface area contributed by atoms with Gasteiger partial charge in [-0.3, -0.25) is 14.5 Å². The second kappa shape index (κ2) is 7.94. The minimum Gasteiger partial charge on any atom is -0.495 e. The molecule has 1 aliphatic rings. The summed E-state index contributed by atoms with van der Waals surface area (Å²) >= 11 is 5.93. The molecule has 0 unspecified atom stereocenters. The molecule has 2 amide bonds. The van der Waals surface area contributed by atoms with Gasteiger partial charge in [-0.15, -0.1) is 0 Å². The normalized spacial score (nSPS) is 13.8. The molecule has 0 fully saturated rings. The molecule has 7 nitrogen and oxygen atoms in total. The molecular weight excluding hydrogens is 413 g/mol. The molecule has 0 aliphatic carbocycles. The van der Waals surface area contributed by atoms with Gasteiger partial charge < -0.3 is 10.1 Å². The third kappa shape index (κ3) is 4.31. The highest BCUT2D eigenvalue weighted by Crippen LogP contribution is 2.39. The van der Waals surface area contributed by atoms with Gasteiger partial charge in [-0.05, 0) is 31.0 Å². The van der Waals surface area contributed by atoms with Crippen LogP contribution in [0.2, 0.25) is 5.02 Å². The van der Waals surface area contributed by atoms with Crippen molar-refractivity contribution >= 4 is 34.9 Å². The minimum absolute atomic E-state index is 0.00397. The Balaban J connectivity index is 1.95. The van der Waals surface area contributed by atoms with Gasteiger partial charge in [0, 0.05) is 24.1 Å². The molecule has 11 heteroatoms. The first kappa shape index (κ1) is 21.0. The number of methoxy groups -OCH3 is 1. The zero-order valence-electron chi connectivity index (χ0n) is 15.6. The fraction of sp³-hybridized carbons (Fsp3) is 0.389. The zero-order chi connectivity index (χ0) is 21.3. The lowest BCUT2D eigenvalue weighted by atomic mass is 10.0. The summed E-state index contributed by atoms with van der Waals surface area (Å²) in [4.78, 5) is 25.7. The first-order chi connectivity index (χ1) is 13.6. The number of anilines is 2. The van der Waals surface area contributed by atoms with Crippen LogP contribution in [0.5, 0.6) is 5.75 Å². The summed E-state index contributed by atoms with van der Waals surface area (Å²) in [5.41, 5.74) is -0.885. The summed E-state index contributed by atoms with van der Waals surface area (Å²) in [6.07, 6.45) is -4.19. The molecule has 2 heterocycles. The van der Waals surface area contributed by atoms with Crippen LogP contribution in [0.15, 0.2) is 18.2 Å². The standard InChI is InChI=1S/C18H18ClF3N4O3/c1-10(27)25-7-3-4-12-16(18(20,21)22)24-26(17(12)25)9-15(28)23-13-8-11(19)5-6-14(13)29-2/h5-6,8H,3-4,7,9H2,1-2H3,(H,23,28). The predicted molar refractivity (Wildman–Crippen MR) is 100 cm³/mol. The van der Waals surface area contributed by atoms with Gasteiger partial charge in [0.15, 0.2) is 5.69 Å². The van der Waals surface area contributed by atoms with Gasteiger partial charge >= 0.3 is 6.18 Å². The average molecular weight is 431 g/mol. The summed E-state index contributed by atoms with van der Waals surface area (Å²) < 4.78 is 46.4. The van der Waals surface area contributed by atoms with Crippen molar-refractivity contribution in [3.63, 3.8) is 0 Å². The lowest BCUT2D eigenvalue weighted by molar-refractivity contribution is -0.142. The number of nitrogens with one attached hydrogen (secondary N) is 1. The number of fused-ring (bicyclic) bond motifs is 1. The van der Waals surface area contributed by atoms with Gasteiger partial charge in [-0.25, -0.2) is 4.68 Å². The Hall–Kier alpha value is -2.75. The molecule has 3 rings (SSSR count). The Morgan fingerprint density at radius 2 is 2.07 bits per heavy atom. The van der Waals surface area contributed by atoms with Crippen molar-refractivity contribution in [1.82, 2.24) is 9.78 Å². The van der Waals surface area contributed by atoms with Crippen LogP contribution in [-0.2, 0) is 28.7 Å². The Morgan fingerprint density at radius 3 is 2.69 bits per heavy atom. The summed E-state index contributed by atoms with van der Waals surface area (Å²) in [5, 5.41) is 6.52. The summed E-state index contributed by atoms with van der Waals surface area (Å²) in [5.74, 6) is -0.715. The van der Waals surface area contributed by atoms with Crippen LogP contribution < -0.4 is 15.0 Å². The Labute approximate surface area is 169 Å². The van der Waals surface area contributed by atoms with Crippen LogP contribution in [0, 0.1) is 0 Å². The minimum atomic E-state index is -4.69. The maximum Gasteiger partial charge on any atom is 0.435 e. The van der Waals surface area contributed by atoms with E-state index in [9.17, 15) is 22.8 Å². The van der Waals surface area contributed by atoms with Crippen LogP contribution in [-0.4, -0.2) is 35.2 Å². The molecule has 156 valence electrons. The number of halogens is 4. The number of hydrogen-bond acceptors (Lipinski definition) is 4. The molecule has 1 N–H and O–H groups in total.